The zero-order valence-corrected chi connectivity index (χ0v) is 22.4. The predicted molar refractivity (Wildman–Crippen MR) is 143 cm³/mol. The Kier molecular flexibility index (Phi) is 10.6. The van der Waals surface area contributed by atoms with E-state index in [0.29, 0.717) is 35.7 Å². The first-order chi connectivity index (χ1) is 18.7. The molecule has 0 spiro atoms. The first kappa shape index (κ1) is 29.3. The number of unbranched alkanes of at least 4 members (excludes halogenated alkanes) is 1. The molecule has 1 aliphatic rings. The molecule has 0 aliphatic carbocycles. The molecule has 3 rings (SSSR count). The maximum absolute atomic E-state index is 12.5. The third-order valence-electron chi connectivity index (χ3n) is 5.90. The van der Waals surface area contributed by atoms with Crippen LogP contribution in [0.3, 0.4) is 0 Å². The van der Waals surface area contributed by atoms with Crippen molar-refractivity contribution < 1.29 is 38.2 Å². The summed E-state index contributed by atoms with van der Waals surface area (Å²) in [5.74, 6) is -2.84. The molecule has 0 bridgehead atoms. The van der Waals surface area contributed by atoms with Crippen molar-refractivity contribution in [2.24, 2.45) is 11.8 Å². The number of ether oxygens (including phenoxy) is 3. The highest BCUT2D eigenvalue weighted by atomic mass is 16.5. The quantitative estimate of drug-likeness (QED) is 0.244. The second-order valence-corrected chi connectivity index (χ2v) is 9.67. The van der Waals surface area contributed by atoms with Gasteiger partial charge in [-0.25, -0.2) is 9.59 Å². The number of carbonyl (C=O) groups is 5. The van der Waals surface area contributed by atoms with Crippen LogP contribution >= 0.6 is 0 Å². The standard InChI is InChI=1S/C29H34N2O8/c1-4-5-14-37-27(34)21-8-12-24(13-9-21)31-16-22(15-26(31)33)29(36)39-18-25(32)30-23-10-6-20(7-11-23)28(35)38-17-19(2)3/h6-13,19,22H,4-5,14-18H2,1-3H3,(H,30,32)/t22-/m0/s1. The minimum absolute atomic E-state index is 0.0460. The second-order valence-electron chi connectivity index (χ2n) is 9.67. The molecule has 10 nitrogen and oxygen atoms in total. The largest absolute Gasteiger partial charge is 0.462 e. The van der Waals surface area contributed by atoms with Gasteiger partial charge in [0, 0.05) is 24.3 Å². The van der Waals surface area contributed by atoms with E-state index in [9.17, 15) is 24.0 Å². The van der Waals surface area contributed by atoms with Crippen LogP contribution in [0.4, 0.5) is 11.4 Å². The molecule has 0 radical (unpaired) electrons. The Labute approximate surface area is 227 Å². The number of esters is 3. The van der Waals surface area contributed by atoms with Gasteiger partial charge in [0.2, 0.25) is 5.91 Å². The van der Waals surface area contributed by atoms with Crippen molar-refractivity contribution in [3.63, 3.8) is 0 Å². The van der Waals surface area contributed by atoms with Gasteiger partial charge in [-0.05, 0) is 60.9 Å². The van der Waals surface area contributed by atoms with Gasteiger partial charge >= 0.3 is 17.9 Å². The molecule has 2 amide bonds. The fraction of sp³-hybridized carbons (Fsp3) is 0.414. The van der Waals surface area contributed by atoms with Gasteiger partial charge in [-0.15, -0.1) is 0 Å². The number of nitrogens with zero attached hydrogens (tertiary/aromatic N) is 1. The van der Waals surface area contributed by atoms with Crippen LogP contribution in [0.2, 0.25) is 0 Å². The van der Waals surface area contributed by atoms with Gasteiger partial charge in [0.05, 0.1) is 30.3 Å². The number of benzene rings is 2. The maximum atomic E-state index is 12.5. The Morgan fingerprint density at radius 1 is 0.923 bits per heavy atom. The van der Waals surface area contributed by atoms with E-state index in [1.165, 1.54) is 17.0 Å². The number of carbonyl (C=O) groups excluding carboxylic acids is 5. The first-order valence-corrected chi connectivity index (χ1v) is 13.0. The molecule has 39 heavy (non-hydrogen) atoms. The highest BCUT2D eigenvalue weighted by molar-refractivity contribution is 6.00. The molecule has 1 heterocycles. The summed E-state index contributed by atoms with van der Waals surface area (Å²) in [7, 11) is 0. The lowest BCUT2D eigenvalue weighted by molar-refractivity contribution is -0.151. The fourth-order valence-corrected chi connectivity index (χ4v) is 3.75. The summed E-state index contributed by atoms with van der Waals surface area (Å²) < 4.78 is 15.5. The lowest BCUT2D eigenvalue weighted by Gasteiger charge is -2.17. The summed E-state index contributed by atoms with van der Waals surface area (Å²) >= 11 is 0. The van der Waals surface area contributed by atoms with Crippen molar-refractivity contribution in [1.29, 1.82) is 0 Å². The first-order valence-electron chi connectivity index (χ1n) is 13.0. The number of amides is 2. The van der Waals surface area contributed by atoms with E-state index in [0.717, 1.165) is 12.8 Å². The molecular formula is C29H34N2O8. The Morgan fingerprint density at radius 2 is 1.54 bits per heavy atom. The van der Waals surface area contributed by atoms with Crippen molar-refractivity contribution in [1.82, 2.24) is 0 Å². The SMILES string of the molecule is CCCCOC(=O)c1ccc(N2C[C@@H](C(=O)OCC(=O)Nc3ccc(C(=O)OCC(C)C)cc3)CC2=O)cc1. The smallest absolute Gasteiger partial charge is 0.338 e. The normalized spacial score (nSPS) is 14.7. The topological polar surface area (TPSA) is 128 Å². The van der Waals surface area contributed by atoms with Gasteiger partial charge in [-0.3, -0.25) is 14.4 Å². The maximum Gasteiger partial charge on any atom is 0.338 e. The molecule has 2 aromatic carbocycles. The van der Waals surface area contributed by atoms with Gasteiger partial charge in [0.1, 0.15) is 0 Å². The molecule has 0 aromatic heterocycles. The van der Waals surface area contributed by atoms with Gasteiger partial charge in [0.15, 0.2) is 6.61 Å². The third kappa shape index (κ3) is 8.66. The molecular weight excluding hydrogens is 504 g/mol. The minimum Gasteiger partial charge on any atom is -0.462 e. The summed E-state index contributed by atoms with van der Waals surface area (Å²) in [5.41, 5.74) is 1.72. The number of hydrogen-bond acceptors (Lipinski definition) is 8. The monoisotopic (exact) mass is 538 g/mol. The average Bonchev–Trinajstić information content (AvgIpc) is 3.32. The third-order valence-corrected chi connectivity index (χ3v) is 5.90. The molecule has 208 valence electrons. The van der Waals surface area contributed by atoms with Crippen LogP contribution in [0.5, 0.6) is 0 Å². The van der Waals surface area contributed by atoms with Crippen LogP contribution in [-0.4, -0.2) is 56.1 Å². The van der Waals surface area contributed by atoms with E-state index in [2.05, 4.69) is 5.32 Å². The van der Waals surface area contributed by atoms with E-state index in [-0.39, 0.29) is 24.8 Å². The van der Waals surface area contributed by atoms with Gasteiger partial charge < -0.3 is 24.4 Å². The highest BCUT2D eigenvalue weighted by Crippen LogP contribution is 2.26. The number of rotatable bonds is 12. The fourth-order valence-electron chi connectivity index (χ4n) is 3.75. The van der Waals surface area contributed by atoms with Crippen molar-refractivity contribution in [3.8, 4) is 0 Å². The zero-order chi connectivity index (χ0) is 28.4. The van der Waals surface area contributed by atoms with E-state index in [4.69, 9.17) is 14.2 Å². The van der Waals surface area contributed by atoms with Crippen LogP contribution in [0.25, 0.3) is 0 Å². The summed E-state index contributed by atoms with van der Waals surface area (Å²) in [6.07, 6.45) is 1.66. The molecule has 0 unspecified atom stereocenters. The highest BCUT2D eigenvalue weighted by Gasteiger charge is 2.36. The molecule has 1 N–H and O–H groups in total. The van der Waals surface area contributed by atoms with Crippen LogP contribution in [0, 0.1) is 11.8 Å². The molecule has 1 fully saturated rings. The Bertz CT molecular complexity index is 1170. The van der Waals surface area contributed by atoms with Crippen molar-refractivity contribution in [2.75, 3.05) is 36.6 Å². The van der Waals surface area contributed by atoms with E-state index in [1.807, 2.05) is 20.8 Å². The Hall–Kier alpha value is -4.21. The summed E-state index contributed by atoms with van der Waals surface area (Å²) in [6.45, 7) is 6.14. The molecule has 1 aliphatic heterocycles. The van der Waals surface area contributed by atoms with Gasteiger partial charge in [-0.2, -0.15) is 0 Å². The molecule has 1 saturated heterocycles. The molecule has 10 heteroatoms. The molecule has 2 aromatic rings. The van der Waals surface area contributed by atoms with Crippen molar-refractivity contribution in [3.05, 3.63) is 59.7 Å². The number of nitrogens with one attached hydrogen (secondary N) is 1. The van der Waals surface area contributed by atoms with Crippen LogP contribution in [-0.2, 0) is 28.6 Å². The van der Waals surface area contributed by atoms with Crippen molar-refractivity contribution in [2.45, 2.75) is 40.0 Å². The lowest BCUT2D eigenvalue weighted by atomic mass is 10.1. The molecule has 0 saturated carbocycles. The number of hydrogen-bond donors (Lipinski definition) is 1. The average molecular weight is 539 g/mol. The second kappa shape index (κ2) is 14.1. The van der Waals surface area contributed by atoms with E-state index < -0.39 is 36.3 Å². The number of anilines is 2. The van der Waals surface area contributed by atoms with Gasteiger partial charge in [-0.1, -0.05) is 27.2 Å². The van der Waals surface area contributed by atoms with Crippen LogP contribution in [0.15, 0.2) is 48.5 Å². The zero-order valence-electron chi connectivity index (χ0n) is 22.4. The van der Waals surface area contributed by atoms with Gasteiger partial charge in [0.25, 0.3) is 5.91 Å². The van der Waals surface area contributed by atoms with E-state index in [1.54, 1.807) is 36.4 Å². The van der Waals surface area contributed by atoms with Crippen LogP contribution < -0.4 is 10.2 Å². The lowest BCUT2D eigenvalue weighted by Crippen LogP contribution is -2.28. The molecule has 1 atom stereocenters. The van der Waals surface area contributed by atoms with E-state index >= 15 is 0 Å². The summed E-state index contributed by atoms with van der Waals surface area (Å²) in [6, 6.07) is 12.6. The summed E-state index contributed by atoms with van der Waals surface area (Å²) in [4.78, 5) is 62.8. The Morgan fingerprint density at radius 3 is 2.15 bits per heavy atom. The minimum atomic E-state index is -0.722. The summed E-state index contributed by atoms with van der Waals surface area (Å²) in [5, 5.41) is 2.59. The Balaban J connectivity index is 1.45. The van der Waals surface area contributed by atoms with Crippen molar-refractivity contribution >= 4 is 41.1 Å². The predicted octanol–water partition coefficient (Wildman–Crippen LogP) is 3.99. The van der Waals surface area contributed by atoms with Crippen LogP contribution in [0.1, 0.15) is 60.7 Å².